The second-order valence-electron chi connectivity index (χ2n) is 18.4. The van der Waals surface area contributed by atoms with Crippen molar-refractivity contribution < 1.29 is 95.6 Å². The zero-order chi connectivity index (χ0) is 52.2. The van der Waals surface area contributed by atoms with Crippen molar-refractivity contribution >= 4 is 47.8 Å². The molecule has 0 amide bonds. The average molecular weight is 1050 g/mol. The molecular formula is C49H80N4O20. The summed E-state index contributed by atoms with van der Waals surface area (Å²) >= 11 is 0. The summed E-state index contributed by atoms with van der Waals surface area (Å²) in [5.74, 6) is -3.65. The Morgan fingerprint density at radius 1 is 0.274 bits per heavy atom. The highest BCUT2D eigenvalue weighted by molar-refractivity contribution is 5.74. The van der Waals surface area contributed by atoms with Crippen LogP contribution in [0.1, 0.15) is 128 Å². The van der Waals surface area contributed by atoms with Gasteiger partial charge in [0.1, 0.15) is 26.4 Å². The molecule has 4 aliphatic rings. The van der Waals surface area contributed by atoms with Crippen molar-refractivity contribution in [1.82, 2.24) is 20.3 Å². The standard InChI is InChI=1S/C49H80N4O20/c54-41(13-9-17-45(58)70-50-21-1-2-22-50)66-33-29-62-37-49(38-63-30-34-67-42(55)14-10-18-46(59)71-51-23-3-4-24-51,39-64-31-35-68-43(56)15-11-19-47(60)72-52-25-5-6-26-52)40-65-32-36-69-44(57)16-12-20-48(61)73-53-27-7-8-28-53/h1-40H2. The number of hydroxylamine groups is 8. The summed E-state index contributed by atoms with van der Waals surface area (Å²) in [5.41, 5.74) is -1.06. The predicted molar refractivity (Wildman–Crippen MR) is 253 cm³/mol. The van der Waals surface area contributed by atoms with Crippen molar-refractivity contribution in [3.63, 3.8) is 0 Å². The molecule has 4 fully saturated rings. The Kier molecular flexibility index (Phi) is 31.1. The third-order valence-electron chi connectivity index (χ3n) is 11.8. The number of carbonyl (C=O) groups is 8. The van der Waals surface area contributed by atoms with Gasteiger partial charge < -0.3 is 57.2 Å². The Bertz CT molecular complexity index is 1410. The van der Waals surface area contributed by atoms with Crippen LogP contribution >= 0.6 is 0 Å². The first kappa shape index (κ1) is 61.0. The Morgan fingerprint density at radius 3 is 0.671 bits per heavy atom. The first-order valence-electron chi connectivity index (χ1n) is 26.2. The van der Waals surface area contributed by atoms with Crippen LogP contribution < -0.4 is 0 Å². The SMILES string of the molecule is O=C(CCCC(=O)ON1CCCC1)OCCOCC(COCCOC(=O)CCCC(=O)ON1CCCC1)(COCCOC(=O)CCCC(=O)ON1CCCC1)COCCOC(=O)CCCC(=O)ON1CCCC1. The first-order chi connectivity index (χ1) is 35.5. The van der Waals surface area contributed by atoms with Crippen LogP contribution in [0, 0.1) is 5.41 Å². The van der Waals surface area contributed by atoms with E-state index in [1.54, 1.807) is 20.3 Å². The molecule has 0 unspecified atom stereocenters. The van der Waals surface area contributed by atoms with Gasteiger partial charge in [-0.15, -0.1) is 20.3 Å². The van der Waals surface area contributed by atoms with Gasteiger partial charge in [-0.3, -0.25) is 38.4 Å². The number of carbonyl (C=O) groups excluding carboxylic acids is 8. The molecular weight excluding hydrogens is 965 g/mol. The summed E-state index contributed by atoms with van der Waals surface area (Å²) in [6.45, 7) is 4.85. The maximum Gasteiger partial charge on any atom is 0.325 e. The fourth-order valence-electron chi connectivity index (χ4n) is 7.94. The van der Waals surface area contributed by atoms with Gasteiger partial charge in [0.2, 0.25) is 0 Å². The van der Waals surface area contributed by atoms with Gasteiger partial charge in [0.15, 0.2) is 0 Å². The topological polar surface area (TPSA) is 260 Å². The van der Waals surface area contributed by atoms with Crippen molar-refractivity contribution in [2.75, 3.05) is 132 Å². The predicted octanol–water partition coefficient (Wildman–Crippen LogP) is 3.11. The Morgan fingerprint density at radius 2 is 0.466 bits per heavy atom. The van der Waals surface area contributed by atoms with Gasteiger partial charge >= 0.3 is 47.8 Å². The minimum absolute atomic E-state index is 0.0100. The molecule has 0 aliphatic carbocycles. The quantitative estimate of drug-likeness (QED) is 0.0485. The fourth-order valence-corrected chi connectivity index (χ4v) is 7.94. The Labute approximate surface area is 428 Å². The monoisotopic (exact) mass is 1040 g/mol. The van der Waals surface area contributed by atoms with Crippen molar-refractivity contribution in [2.24, 2.45) is 5.41 Å². The van der Waals surface area contributed by atoms with Crippen molar-refractivity contribution in [2.45, 2.75) is 128 Å². The lowest BCUT2D eigenvalue weighted by Crippen LogP contribution is -2.43. The molecule has 0 N–H and O–H groups in total. The number of nitrogens with zero attached hydrogens (tertiary/aromatic N) is 4. The van der Waals surface area contributed by atoms with E-state index in [2.05, 4.69) is 0 Å². The van der Waals surface area contributed by atoms with E-state index in [1.165, 1.54) is 0 Å². The average Bonchev–Trinajstić information content (AvgIpc) is 4.23. The van der Waals surface area contributed by atoms with Crippen LogP contribution in [0.2, 0.25) is 0 Å². The number of esters is 4. The lowest BCUT2D eigenvalue weighted by atomic mass is 9.92. The maximum absolute atomic E-state index is 12.5. The van der Waals surface area contributed by atoms with E-state index in [0.29, 0.717) is 52.4 Å². The highest BCUT2D eigenvalue weighted by atomic mass is 16.7. The third-order valence-corrected chi connectivity index (χ3v) is 11.8. The molecule has 0 radical (unpaired) electrons. The smallest absolute Gasteiger partial charge is 0.325 e. The number of hydrogen-bond acceptors (Lipinski definition) is 24. The lowest BCUT2D eigenvalue weighted by molar-refractivity contribution is -0.186. The third kappa shape index (κ3) is 29.2. The summed E-state index contributed by atoms with van der Waals surface area (Å²) in [7, 11) is 0. The summed E-state index contributed by atoms with van der Waals surface area (Å²) < 4.78 is 45.3. The summed E-state index contributed by atoms with van der Waals surface area (Å²) in [6.07, 6.45) is 9.09. The van der Waals surface area contributed by atoms with Crippen LogP contribution in [-0.2, 0) is 95.6 Å². The molecule has 24 nitrogen and oxygen atoms in total. The van der Waals surface area contributed by atoms with E-state index in [4.69, 9.17) is 57.2 Å². The van der Waals surface area contributed by atoms with Gasteiger partial charge in [-0.1, -0.05) is 0 Å². The van der Waals surface area contributed by atoms with E-state index in [9.17, 15) is 38.4 Å². The molecule has 73 heavy (non-hydrogen) atoms. The van der Waals surface area contributed by atoms with Crippen LogP contribution in [0.3, 0.4) is 0 Å². The zero-order valence-electron chi connectivity index (χ0n) is 42.7. The number of rotatable bonds is 40. The minimum atomic E-state index is -1.06. The zero-order valence-corrected chi connectivity index (χ0v) is 42.7. The normalized spacial score (nSPS) is 16.5. The highest BCUT2D eigenvalue weighted by Crippen LogP contribution is 2.22. The molecule has 4 saturated heterocycles. The molecule has 4 heterocycles. The molecule has 4 aliphatic heterocycles. The van der Waals surface area contributed by atoms with Crippen LogP contribution in [0.15, 0.2) is 0 Å². The number of ether oxygens (including phenoxy) is 8. The highest BCUT2D eigenvalue weighted by Gasteiger charge is 2.33. The second-order valence-corrected chi connectivity index (χ2v) is 18.4. The molecule has 4 rings (SSSR count). The van der Waals surface area contributed by atoms with E-state index >= 15 is 0 Å². The maximum atomic E-state index is 12.5. The van der Waals surface area contributed by atoms with Crippen LogP contribution in [-0.4, -0.2) is 200 Å². The van der Waals surface area contributed by atoms with Gasteiger partial charge in [-0.25, -0.2) is 0 Å². The molecule has 416 valence electrons. The molecule has 0 saturated carbocycles. The van der Waals surface area contributed by atoms with Crippen LogP contribution in [0.25, 0.3) is 0 Å². The van der Waals surface area contributed by atoms with Crippen molar-refractivity contribution in [3.8, 4) is 0 Å². The Hall–Kier alpha value is -4.56. The minimum Gasteiger partial charge on any atom is -0.463 e. The van der Waals surface area contributed by atoms with Gasteiger partial charge in [-0.2, -0.15) is 0 Å². The summed E-state index contributed by atoms with van der Waals surface area (Å²) in [6, 6.07) is 0. The van der Waals surface area contributed by atoms with Gasteiger partial charge in [0.25, 0.3) is 0 Å². The van der Waals surface area contributed by atoms with E-state index in [-0.39, 0.29) is 156 Å². The molecule has 0 spiro atoms. The van der Waals surface area contributed by atoms with Crippen molar-refractivity contribution in [1.29, 1.82) is 0 Å². The van der Waals surface area contributed by atoms with Gasteiger partial charge in [0, 0.05) is 104 Å². The fraction of sp³-hybridized carbons (Fsp3) is 0.837. The van der Waals surface area contributed by atoms with Crippen LogP contribution in [0.4, 0.5) is 0 Å². The molecule has 0 aromatic carbocycles. The molecule has 0 bridgehead atoms. The molecule has 0 atom stereocenters. The first-order valence-corrected chi connectivity index (χ1v) is 26.2. The van der Waals surface area contributed by atoms with Gasteiger partial charge in [-0.05, 0) is 77.0 Å². The van der Waals surface area contributed by atoms with Gasteiger partial charge in [0.05, 0.1) is 58.3 Å². The van der Waals surface area contributed by atoms with E-state index < -0.39 is 53.2 Å². The lowest BCUT2D eigenvalue weighted by Gasteiger charge is -2.33. The van der Waals surface area contributed by atoms with Crippen LogP contribution in [0.5, 0.6) is 0 Å². The van der Waals surface area contributed by atoms with E-state index in [0.717, 1.165) is 51.4 Å². The Balaban J connectivity index is 1.25. The molecule has 24 heteroatoms. The van der Waals surface area contributed by atoms with E-state index in [1.807, 2.05) is 0 Å². The van der Waals surface area contributed by atoms with Crippen molar-refractivity contribution in [3.05, 3.63) is 0 Å². The summed E-state index contributed by atoms with van der Waals surface area (Å²) in [4.78, 5) is 120. The largest absolute Gasteiger partial charge is 0.463 e. The summed E-state index contributed by atoms with van der Waals surface area (Å²) in [5, 5.41) is 6.50. The second kappa shape index (κ2) is 37.2. The number of hydrogen-bond donors (Lipinski definition) is 0. The molecule has 0 aromatic rings. The molecule has 0 aromatic heterocycles.